The molecule has 0 atom stereocenters. The molecule has 4 N–H and O–H groups in total. The summed E-state index contributed by atoms with van der Waals surface area (Å²) in [6, 6.07) is 0.462. The minimum atomic E-state index is -4.80. The van der Waals surface area contributed by atoms with E-state index in [2.05, 4.69) is 4.98 Å². The Bertz CT molecular complexity index is 350. The molecule has 0 fully saturated rings. The van der Waals surface area contributed by atoms with Crippen LogP contribution in [0.25, 0.3) is 0 Å². The van der Waals surface area contributed by atoms with Gasteiger partial charge in [-0.1, -0.05) is 0 Å². The molecule has 1 heterocycles. The molecule has 3 nitrogen and oxygen atoms in total. The molecule has 0 bridgehead atoms. The number of alkyl halides is 5. The van der Waals surface area contributed by atoms with Crippen molar-refractivity contribution in [3.05, 3.63) is 17.3 Å². The van der Waals surface area contributed by atoms with Gasteiger partial charge in [-0.3, -0.25) is 0 Å². The third-order valence-electron chi connectivity index (χ3n) is 1.60. The average molecular weight is 227 g/mol. The highest BCUT2D eigenvalue weighted by Crippen LogP contribution is 2.38. The van der Waals surface area contributed by atoms with E-state index >= 15 is 0 Å². The average Bonchev–Trinajstić information content (AvgIpc) is 1.99. The van der Waals surface area contributed by atoms with Crippen LogP contribution in [0.3, 0.4) is 0 Å². The summed E-state index contributed by atoms with van der Waals surface area (Å²) < 4.78 is 61.0. The van der Waals surface area contributed by atoms with Crippen LogP contribution in [0, 0.1) is 0 Å². The fraction of sp³-hybridized carbons (Fsp3) is 0.286. The standard InChI is InChI=1S/C7H6F5N3/c8-5(9)3-1-2(13)4(6(14)15-3)7(10,11)12/h1,5H,(H4,13,14,15). The lowest BCUT2D eigenvalue weighted by molar-refractivity contribution is -0.136. The molecule has 8 heteroatoms. The molecule has 0 aromatic carbocycles. The maximum absolute atomic E-state index is 12.3. The van der Waals surface area contributed by atoms with Gasteiger partial charge < -0.3 is 11.5 Å². The van der Waals surface area contributed by atoms with E-state index in [1.807, 2.05) is 0 Å². The number of nitrogen functional groups attached to an aromatic ring is 2. The molecule has 0 aliphatic heterocycles. The Morgan fingerprint density at radius 3 is 2.07 bits per heavy atom. The number of nitrogens with zero attached hydrogens (tertiary/aromatic N) is 1. The molecular weight excluding hydrogens is 221 g/mol. The molecule has 0 aliphatic rings. The molecule has 1 aromatic rings. The summed E-state index contributed by atoms with van der Waals surface area (Å²) in [5.74, 6) is -1.04. The van der Waals surface area contributed by atoms with Crippen LogP contribution in [0.5, 0.6) is 0 Å². The van der Waals surface area contributed by atoms with Gasteiger partial charge in [0.1, 0.15) is 17.1 Å². The second kappa shape index (κ2) is 3.52. The van der Waals surface area contributed by atoms with Crippen molar-refractivity contribution < 1.29 is 22.0 Å². The first-order chi connectivity index (χ1) is 6.73. The van der Waals surface area contributed by atoms with Gasteiger partial charge in [0, 0.05) is 5.69 Å². The first-order valence-electron chi connectivity index (χ1n) is 3.64. The van der Waals surface area contributed by atoms with Gasteiger partial charge in [0.05, 0.1) is 0 Å². The smallest absolute Gasteiger partial charge is 0.398 e. The fourth-order valence-corrected chi connectivity index (χ4v) is 1.03. The van der Waals surface area contributed by atoms with Gasteiger partial charge >= 0.3 is 6.18 Å². The Labute approximate surface area is 80.9 Å². The fourth-order valence-electron chi connectivity index (χ4n) is 1.03. The van der Waals surface area contributed by atoms with Crippen LogP contribution in [-0.2, 0) is 6.18 Å². The summed E-state index contributed by atoms with van der Waals surface area (Å²) in [4.78, 5) is 2.93. The van der Waals surface area contributed by atoms with E-state index in [9.17, 15) is 22.0 Å². The molecule has 1 rings (SSSR count). The van der Waals surface area contributed by atoms with E-state index in [1.165, 1.54) is 0 Å². The lowest BCUT2D eigenvalue weighted by Crippen LogP contribution is -2.15. The van der Waals surface area contributed by atoms with Crippen molar-refractivity contribution in [2.24, 2.45) is 0 Å². The zero-order chi connectivity index (χ0) is 11.8. The summed E-state index contributed by atoms with van der Waals surface area (Å²) >= 11 is 0. The van der Waals surface area contributed by atoms with Crippen molar-refractivity contribution in [2.45, 2.75) is 12.6 Å². The maximum Gasteiger partial charge on any atom is 0.421 e. The van der Waals surface area contributed by atoms with Crippen LogP contribution >= 0.6 is 0 Å². The highest BCUT2D eigenvalue weighted by atomic mass is 19.4. The zero-order valence-corrected chi connectivity index (χ0v) is 7.15. The van der Waals surface area contributed by atoms with E-state index in [4.69, 9.17) is 11.5 Å². The topological polar surface area (TPSA) is 64.9 Å². The second-order valence-corrected chi connectivity index (χ2v) is 2.70. The zero-order valence-electron chi connectivity index (χ0n) is 7.15. The lowest BCUT2D eigenvalue weighted by atomic mass is 10.2. The van der Waals surface area contributed by atoms with Crippen molar-refractivity contribution in [3.8, 4) is 0 Å². The van der Waals surface area contributed by atoms with E-state index < -0.39 is 35.4 Å². The molecule has 0 spiro atoms. The Balaban J connectivity index is 3.34. The first-order valence-corrected chi connectivity index (χ1v) is 3.64. The van der Waals surface area contributed by atoms with Crippen LogP contribution < -0.4 is 11.5 Å². The molecule has 0 unspecified atom stereocenters. The second-order valence-electron chi connectivity index (χ2n) is 2.70. The number of nitrogens with two attached hydrogens (primary N) is 2. The molecule has 15 heavy (non-hydrogen) atoms. The molecule has 0 saturated carbocycles. The molecular formula is C7H6F5N3. The number of hydrogen-bond donors (Lipinski definition) is 2. The van der Waals surface area contributed by atoms with E-state index in [-0.39, 0.29) is 0 Å². The van der Waals surface area contributed by atoms with Crippen LogP contribution in [0.1, 0.15) is 17.7 Å². The normalized spacial score (nSPS) is 12.1. The van der Waals surface area contributed by atoms with Crippen molar-refractivity contribution in [1.82, 2.24) is 4.98 Å². The van der Waals surface area contributed by atoms with Crippen molar-refractivity contribution in [3.63, 3.8) is 0 Å². The van der Waals surface area contributed by atoms with Gasteiger partial charge in [-0.15, -0.1) is 0 Å². The van der Waals surface area contributed by atoms with E-state index in [0.29, 0.717) is 6.07 Å². The van der Waals surface area contributed by atoms with Gasteiger partial charge in [0.2, 0.25) is 0 Å². The Morgan fingerprint density at radius 1 is 1.20 bits per heavy atom. The number of rotatable bonds is 1. The monoisotopic (exact) mass is 227 g/mol. The van der Waals surface area contributed by atoms with Gasteiger partial charge in [-0.2, -0.15) is 13.2 Å². The number of halogens is 5. The summed E-state index contributed by atoms with van der Waals surface area (Å²) in [7, 11) is 0. The predicted octanol–water partition coefficient (Wildman–Crippen LogP) is 2.20. The van der Waals surface area contributed by atoms with Crippen molar-refractivity contribution >= 4 is 11.5 Å². The molecule has 1 aromatic heterocycles. The molecule has 0 aliphatic carbocycles. The summed E-state index contributed by atoms with van der Waals surface area (Å²) in [5, 5.41) is 0. The maximum atomic E-state index is 12.3. The van der Waals surface area contributed by atoms with Gasteiger partial charge in [0.25, 0.3) is 6.43 Å². The van der Waals surface area contributed by atoms with E-state index in [0.717, 1.165) is 0 Å². The third-order valence-corrected chi connectivity index (χ3v) is 1.60. The highest BCUT2D eigenvalue weighted by molar-refractivity contribution is 5.60. The SMILES string of the molecule is Nc1cc(C(F)F)nc(N)c1C(F)(F)F. The predicted molar refractivity (Wildman–Crippen MR) is 43.0 cm³/mol. The number of hydrogen-bond acceptors (Lipinski definition) is 3. The number of anilines is 2. The van der Waals surface area contributed by atoms with Crippen LogP contribution in [0.4, 0.5) is 33.5 Å². The molecule has 84 valence electrons. The highest BCUT2D eigenvalue weighted by Gasteiger charge is 2.37. The van der Waals surface area contributed by atoms with Crippen LogP contribution in [-0.4, -0.2) is 4.98 Å². The minimum absolute atomic E-state index is 0.462. The van der Waals surface area contributed by atoms with Crippen LogP contribution in [0.2, 0.25) is 0 Å². The Kier molecular flexibility index (Phi) is 2.69. The molecule has 0 saturated heterocycles. The van der Waals surface area contributed by atoms with Crippen molar-refractivity contribution in [1.29, 1.82) is 0 Å². The molecule has 0 radical (unpaired) electrons. The minimum Gasteiger partial charge on any atom is -0.398 e. The molecule has 0 amide bonds. The van der Waals surface area contributed by atoms with Crippen LogP contribution in [0.15, 0.2) is 6.07 Å². The van der Waals surface area contributed by atoms with E-state index in [1.54, 1.807) is 0 Å². The van der Waals surface area contributed by atoms with Gasteiger partial charge in [-0.05, 0) is 6.07 Å². The first kappa shape index (κ1) is 11.5. The Morgan fingerprint density at radius 2 is 1.73 bits per heavy atom. The van der Waals surface area contributed by atoms with Gasteiger partial charge in [-0.25, -0.2) is 13.8 Å². The summed E-state index contributed by atoms with van der Waals surface area (Å²) in [5.41, 5.74) is 6.76. The summed E-state index contributed by atoms with van der Waals surface area (Å²) in [6.07, 6.45) is -7.82. The lowest BCUT2D eigenvalue weighted by Gasteiger charge is -2.13. The van der Waals surface area contributed by atoms with Gasteiger partial charge in [0.15, 0.2) is 0 Å². The number of pyridine rings is 1. The third kappa shape index (κ3) is 2.25. The summed E-state index contributed by atoms with van der Waals surface area (Å²) in [6.45, 7) is 0. The Hall–Kier alpha value is -1.60. The largest absolute Gasteiger partial charge is 0.421 e. The quantitative estimate of drug-likeness (QED) is 0.723. The number of aromatic nitrogens is 1. The van der Waals surface area contributed by atoms with Crippen molar-refractivity contribution in [2.75, 3.05) is 11.5 Å².